The second-order valence-electron chi connectivity index (χ2n) is 13.0. The van der Waals surface area contributed by atoms with E-state index in [1.807, 2.05) is 24.1 Å². The van der Waals surface area contributed by atoms with E-state index in [4.69, 9.17) is 0 Å². The summed E-state index contributed by atoms with van der Waals surface area (Å²) < 4.78 is 1.77. The zero-order valence-electron chi connectivity index (χ0n) is 25.0. The summed E-state index contributed by atoms with van der Waals surface area (Å²) in [6.07, 6.45) is 4.89. The zero-order valence-corrected chi connectivity index (χ0v) is 25.0. The van der Waals surface area contributed by atoms with Gasteiger partial charge in [-0.25, -0.2) is 19.3 Å². The molecule has 222 valence electrons. The molecular weight excluding hydrogens is 542 g/mol. The first-order valence-electron chi connectivity index (χ1n) is 15.1. The molecule has 0 radical (unpaired) electrons. The molecule has 3 aliphatic rings. The molecule has 6 heterocycles. The van der Waals surface area contributed by atoms with Crippen molar-refractivity contribution in [2.24, 2.45) is 5.41 Å². The molecule has 1 N–H and O–H groups in total. The molecule has 3 aliphatic heterocycles. The third kappa shape index (κ3) is 4.88. The zero-order chi connectivity index (χ0) is 29.9. The maximum Gasteiger partial charge on any atom is 0.354 e. The number of aromatic carboxylic acids is 1. The predicted octanol–water partition coefficient (Wildman–Crippen LogP) is 4.35. The lowest BCUT2D eigenvalue weighted by atomic mass is 9.81. The number of amides is 1. The van der Waals surface area contributed by atoms with E-state index in [1.54, 1.807) is 10.6 Å². The standard InChI is InChI=1S/C33H37N7O3/c1-22-6-4-7-24(16-22)32(3)10-13-37(19-32)25-17-23(2)29-35-28(36-40(29)18-25)30(41)39-15-12-33(21-39)11-14-38(20-33)27-9-5-8-26(34-27)31(42)43/h4-9,16-18H,10-15,19-21H2,1-3H3,(H,42,43)/t32-,33+/m0/s1. The highest BCUT2D eigenvalue weighted by molar-refractivity contribution is 5.91. The van der Waals surface area contributed by atoms with Crippen LogP contribution in [0.2, 0.25) is 0 Å². The van der Waals surface area contributed by atoms with Gasteiger partial charge in [0.05, 0.1) is 11.9 Å². The Labute approximate surface area is 251 Å². The number of carboxylic acids is 1. The number of carbonyl (C=O) groups excluding carboxylic acids is 1. The summed E-state index contributed by atoms with van der Waals surface area (Å²) >= 11 is 0. The number of rotatable bonds is 5. The average molecular weight is 580 g/mol. The second-order valence-corrected chi connectivity index (χ2v) is 13.0. The monoisotopic (exact) mass is 579 g/mol. The Morgan fingerprint density at radius 2 is 1.67 bits per heavy atom. The predicted molar refractivity (Wildman–Crippen MR) is 164 cm³/mol. The van der Waals surface area contributed by atoms with Crippen molar-refractivity contribution in [3.05, 3.63) is 82.9 Å². The molecule has 1 spiro atoms. The van der Waals surface area contributed by atoms with Crippen LogP contribution in [-0.2, 0) is 5.41 Å². The molecule has 2 atom stereocenters. The van der Waals surface area contributed by atoms with Crippen LogP contribution < -0.4 is 9.80 Å². The minimum absolute atomic E-state index is 0.0431. The highest BCUT2D eigenvalue weighted by Gasteiger charge is 2.46. The molecule has 43 heavy (non-hydrogen) atoms. The fraction of sp³-hybridized carbons (Fsp3) is 0.424. The molecule has 0 unspecified atom stereocenters. The van der Waals surface area contributed by atoms with Crippen LogP contribution in [0.1, 0.15) is 64.0 Å². The van der Waals surface area contributed by atoms with Crippen molar-refractivity contribution in [1.29, 1.82) is 0 Å². The fourth-order valence-electron chi connectivity index (χ4n) is 7.26. The van der Waals surface area contributed by atoms with E-state index < -0.39 is 5.97 Å². The van der Waals surface area contributed by atoms with E-state index in [-0.39, 0.29) is 28.3 Å². The maximum absolute atomic E-state index is 13.6. The van der Waals surface area contributed by atoms with Gasteiger partial charge < -0.3 is 19.8 Å². The summed E-state index contributed by atoms with van der Waals surface area (Å²) in [4.78, 5) is 40.5. The third-order valence-electron chi connectivity index (χ3n) is 9.79. The number of pyridine rings is 2. The van der Waals surface area contributed by atoms with Gasteiger partial charge in [0.25, 0.3) is 5.91 Å². The van der Waals surface area contributed by atoms with E-state index >= 15 is 0 Å². The van der Waals surface area contributed by atoms with Crippen molar-refractivity contribution in [2.75, 3.05) is 49.1 Å². The first-order chi connectivity index (χ1) is 20.6. The van der Waals surface area contributed by atoms with Gasteiger partial charge in [0.15, 0.2) is 11.3 Å². The molecular formula is C33H37N7O3. The fourth-order valence-corrected chi connectivity index (χ4v) is 7.26. The molecule has 3 aromatic heterocycles. The lowest BCUT2D eigenvalue weighted by Crippen LogP contribution is -2.34. The van der Waals surface area contributed by atoms with E-state index in [0.717, 1.165) is 56.7 Å². The van der Waals surface area contributed by atoms with Crippen molar-refractivity contribution >= 4 is 29.0 Å². The molecule has 0 aliphatic carbocycles. The number of nitrogens with zero attached hydrogens (tertiary/aromatic N) is 7. The smallest absolute Gasteiger partial charge is 0.354 e. The summed E-state index contributed by atoms with van der Waals surface area (Å²) in [6, 6.07) is 16.1. The van der Waals surface area contributed by atoms with Gasteiger partial charge in [-0.1, -0.05) is 42.8 Å². The molecule has 4 aromatic rings. The quantitative estimate of drug-likeness (QED) is 0.372. The summed E-state index contributed by atoms with van der Waals surface area (Å²) in [5.41, 5.74) is 5.53. The largest absolute Gasteiger partial charge is 0.477 e. The summed E-state index contributed by atoms with van der Waals surface area (Å²) in [7, 11) is 0. The van der Waals surface area contributed by atoms with Crippen molar-refractivity contribution < 1.29 is 14.7 Å². The van der Waals surface area contributed by atoms with Crippen LogP contribution in [0.3, 0.4) is 0 Å². The van der Waals surface area contributed by atoms with Crippen molar-refractivity contribution in [2.45, 2.75) is 45.4 Å². The minimum atomic E-state index is -1.03. The highest BCUT2D eigenvalue weighted by atomic mass is 16.4. The molecule has 10 nitrogen and oxygen atoms in total. The molecule has 3 saturated heterocycles. The lowest BCUT2D eigenvalue weighted by Gasteiger charge is -2.26. The number of anilines is 2. The van der Waals surface area contributed by atoms with Crippen LogP contribution >= 0.6 is 0 Å². The lowest BCUT2D eigenvalue weighted by molar-refractivity contribution is 0.0689. The molecule has 10 heteroatoms. The van der Waals surface area contributed by atoms with Crippen LogP contribution in [-0.4, -0.2) is 80.7 Å². The van der Waals surface area contributed by atoms with Crippen molar-refractivity contribution in [3.8, 4) is 0 Å². The van der Waals surface area contributed by atoms with Gasteiger partial charge in [0.1, 0.15) is 5.82 Å². The van der Waals surface area contributed by atoms with Crippen LogP contribution in [0.25, 0.3) is 5.65 Å². The van der Waals surface area contributed by atoms with Crippen LogP contribution in [0, 0.1) is 19.3 Å². The molecule has 1 amide bonds. The number of aryl methyl sites for hydroxylation is 2. The Bertz CT molecular complexity index is 1750. The van der Waals surface area contributed by atoms with Gasteiger partial charge in [-0.2, -0.15) is 0 Å². The van der Waals surface area contributed by atoms with E-state index in [9.17, 15) is 14.7 Å². The third-order valence-corrected chi connectivity index (χ3v) is 9.79. The van der Waals surface area contributed by atoms with Crippen molar-refractivity contribution in [1.82, 2.24) is 24.5 Å². The topological polar surface area (TPSA) is 107 Å². The molecule has 0 bridgehead atoms. The summed E-state index contributed by atoms with van der Waals surface area (Å²) in [5, 5.41) is 14.0. The molecule has 1 aromatic carbocycles. The number of hydrogen-bond acceptors (Lipinski definition) is 7. The van der Waals surface area contributed by atoms with Gasteiger partial charge in [-0.05, 0) is 62.4 Å². The Morgan fingerprint density at radius 3 is 2.49 bits per heavy atom. The van der Waals surface area contributed by atoms with Gasteiger partial charge >= 0.3 is 5.97 Å². The second kappa shape index (κ2) is 10.1. The Balaban J connectivity index is 1.06. The number of aromatic nitrogens is 4. The first kappa shape index (κ1) is 27.4. The van der Waals surface area contributed by atoms with Crippen LogP contribution in [0.5, 0.6) is 0 Å². The minimum Gasteiger partial charge on any atom is -0.477 e. The Hall–Kier alpha value is -4.47. The highest BCUT2D eigenvalue weighted by Crippen LogP contribution is 2.41. The molecule has 7 rings (SSSR count). The normalized spacial score (nSPS) is 23.7. The number of carbonyl (C=O) groups is 2. The average Bonchev–Trinajstić information content (AvgIpc) is 3.80. The summed E-state index contributed by atoms with van der Waals surface area (Å²) in [6.45, 7) is 11.2. The Morgan fingerprint density at radius 1 is 0.884 bits per heavy atom. The number of benzene rings is 1. The van der Waals surface area contributed by atoms with Crippen molar-refractivity contribution in [3.63, 3.8) is 0 Å². The number of hydrogen-bond donors (Lipinski definition) is 1. The number of likely N-dealkylation sites (tertiary alicyclic amines) is 1. The van der Waals surface area contributed by atoms with Gasteiger partial charge in [-0.15, -0.1) is 5.10 Å². The Kier molecular flexibility index (Phi) is 6.41. The SMILES string of the molecule is Cc1cccc([C@@]2(C)CCN(c3cc(C)c4nc(C(=O)N5CC[C@@]6(CCN(c7cccc(C(=O)O)n7)C6)C5)nn4c3)C2)c1. The molecule has 3 fully saturated rings. The van der Waals surface area contributed by atoms with Gasteiger partial charge in [0, 0.05) is 50.1 Å². The van der Waals surface area contributed by atoms with Gasteiger partial charge in [0.2, 0.25) is 5.82 Å². The summed E-state index contributed by atoms with van der Waals surface area (Å²) in [5.74, 6) is -0.267. The first-order valence-corrected chi connectivity index (χ1v) is 15.1. The van der Waals surface area contributed by atoms with Gasteiger partial charge in [-0.3, -0.25) is 4.79 Å². The van der Waals surface area contributed by atoms with Crippen LogP contribution in [0.15, 0.2) is 54.7 Å². The van der Waals surface area contributed by atoms with E-state index in [2.05, 4.69) is 69.0 Å². The number of fused-ring (bicyclic) bond motifs is 1. The van der Waals surface area contributed by atoms with E-state index in [1.165, 1.54) is 17.2 Å². The maximum atomic E-state index is 13.6. The van der Waals surface area contributed by atoms with Crippen LogP contribution in [0.4, 0.5) is 11.5 Å². The molecule has 0 saturated carbocycles. The number of carboxylic acid groups (broad SMARTS) is 1. The van der Waals surface area contributed by atoms with E-state index in [0.29, 0.717) is 24.6 Å².